The van der Waals surface area contributed by atoms with Gasteiger partial charge in [-0.25, -0.2) is 0 Å². The maximum absolute atomic E-state index is 2.52. The fourth-order valence-electron chi connectivity index (χ4n) is 13.3. The van der Waals surface area contributed by atoms with Crippen molar-refractivity contribution in [2.75, 3.05) is 4.90 Å². The topological polar surface area (TPSA) is 3.24 Å². The van der Waals surface area contributed by atoms with Gasteiger partial charge in [-0.3, -0.25) is 0 Å². The van der Waals surface area contributed by atoms with Crippen LogP contribution in [0.3, 0.4) is 0 Å². The average molecular weight is 874 g/mol. The van der Waals surface area contributed by atoms with E-state index >= 15 is 0 Å². The maximum atomic E-state index is 2.52. The lowest BCUT2D eigenvalue weighted by Crippen LogP contribution is -2.28. The van der Waals surface area contributed by atoms with Crippen molar-refractivity contribution in [1.82, 2.24) is 0 Å². The molecule has 3 aliphatic rings. The fourth-order valence-corrected chi connectivity index (χ4v) is 13.3. The number of fused-ring (bicyclic) bond motifs is 19. The monoisotopic (exact) mass is 873 g/mol. The molecule has 0 saturated heterocycles. The summed E-state index contributed by atoms with van der Waals surface area (Å²) in [5.74, 6) is 0. The summed E-state index contributed by atoms with van der Waals surface area (Å²) in [6.45, 7) is 0. The molecule has 12 aromatic rings. The van der Waals surface area contributed by atoms with Crippen LogP contribution in [0.5, 0.6) is 0 Å². The summed E-state index contributed by atoms with van der Waals surface area (Å²) >= 11 is 0. The molecule has 0 atom stereocenters. The Morgan fingerprint density at radius 2 is 0.507 bits per heavy atom. The average Bonchev–Trinajstić information content (AvgIpc) is 4.01. The molecule has 1 nitrogen and oxygen atoms in total. The summed E-state index contributed by atoms with van der Waals surface area (Å²) in [6.07, 6.45) is 0. The molecular weight excluding hydrogens is 831 g/mol. The Kier molecular flexibility index (Phi) is 7.98. The Labute approximate surface area is 401 Å². The standard InChI is InChI=1S/C68H43N/c1-3-19-44(20-4-1)67(45-21-5-2-6-22-45)61-31-15-13-29-56(61)59-42-47(36-39-65(59)67)69(46-35-38-53-51-25-8-7-23-49(51)50-24-9-10-26-52(50)58(53)41-46)48-37-40-66-60(43-48)57-30-14-18-34-64(57)68(66)62-32-16-11-27-54(62)55-28-12-17-33-63(55)68/h1-43H. The van der Waals surface area contributed by atoms with Gasteiger partial charge in [-0.2, -0.15) is 0 Å². The van der Waals surface area contributed by atoms with Crippen molar-refractivity contribution in [2.24, 2.45) is 0 Å². The van der Waals surface area contributed by atoms with Crippen LogP contribution in [0.25, 0.3) is 65.7 Å². The molecule has 0 unspecified atom stereocenters. The van der Waals surface area contributed by atoms with E-state index < -0.39 is 10.8 Å². The smallest absolute Gasteiger partial charge is 0.0725 e. The first-order chi connectivity index (χ1) is 34.2. The van der Waals surface area contributed by atoms with Gasteiger partial charge in [-0.15, -0.1) is 0 Å². The second-order valence-electron chi connectivity index (χ2n) is 19.0. The van der Waals surface area contributed by atoms with Gasteiger partial charge in [0.05, 0.1) is 10.8 Å². The second kappa shape index (κ2) is 14.4. The van der Waals surface area contributed by atoms with Crippen LogP contribution in [0.1, 0.15) is 44.5 Å². The summed E-state index contributed by atoms with van der Waals surface area (Å²) in [4.78, 5) is 2.52. The Morgan fingerprint density at radius 1 is 0.203 bits per heavy atom. The Hall–Kier alpha value is -8.78. The van der Waals surface area contributed by atoms with E-state index in [0.29, 0.717) is 0 Å². The molecule has 1 spiro atoms. The maximum Gasteiger partial charge on any atom is 0.0725 e. The molecule has 0 amide bonds. The van der Waals surface area contributed by atoms with Crippen LogP contribution in [0.4, 0.5) is 17.1 Å². The molecule has 320 valence electrons. The van der Waals surface area contributed by atoms with Crippen LogP contribution in [-0.2, 0) is 10.8 Å². The van der Waals surface area contributed by atoms with Crippen molar-refractivity contribution >= 4 is 49.4 Å². The summed E-state index contributed by atoms with van der Waals surface area (Å²) in [7, 11) is 0. The molecule has 12 aromatic carbocycles. The number of benzene rings is 12. The number of nitrogens with zero attached hydrogens (tertiary/aromatic N) is 1. The predicted molar refractivity (Wildman–Crippen MR) is 287 cm³/mol. The minimum absolute atomic E-state index is 0.416. The van der Waals surface area contributed by atoms with E-state index in [1.54, 1.807) is 0 Å². The van der Waals surface area contributed by atoms with E-state index in [1.165, 1.54) is 110 Å². The molecule has 0 aliphatic heterocycles. The van der Waals surface area contributed by atoms with Crippen LogP contribution in [0.2, 0.25) is 0 Å². The zero-order valence-electron chi connectivity index (χ0n) is 37.8. The third-order valence-electron chi connectivity index (χ3n) is 15.9. The first-order valence-corrected chi connectivity index (χ1v) is 24.2. The number of hydrogen-bond donors (Lipinski definition) is 0. The summed E-state index contributed by atoms with van der Waals surface area (Å²) in [5, 5.41) is 7.59. The highest BCUT2D eigenvalue weighted by Gasteiger charge is 2.52. The molecule has 0 N–H and O–H groups in total. The van der Waals surface area contributed by atoms with Crippen molar-refractivity contribution in [3.05, 3.63) is 305 Å². The van der Waals surface area contributed by atoms with Crippen molar-refractivity contribution in [1.29, 1.82) is 0 Å². The van der Waals surface area contributed by atoms with E-state index in [-0.39, 0.29) is 0 Å². The van der Waals surface area contributed by atoms with Gasteiger partial charge in [0.15, 0.2) is 0 Å². The molecule has 0 aromatic heterocycles. The third kappa shape index (κ3) is 5.04. The van der Waals surface area contributed by atoms with E-state index in [9.17, 15) is 0 Å². The number of anilines is 3. The molecule has 0 bridgehead atoms. The van der Waals surface area contributed by atoms with Gasteiger partial charge in [-0.05, 0) is 147 Å². The highest BCUT2D eigenvalue weighted by molar-refractivity contribution is 6.26. The Morgan fingerprint density at radius 3 is 0.971 bits per heavy atom. The zero-order chi connectivity index (χ0) is 45.3. The largest absolute Gasteiger partial charge is 0.310 e. The highest BCUT2D eigenvalue weighted by atomic mass is 15.1. The first-order valence-electron chi connectivity index (χ1n) is 24.2. The van der Waals surface area contributed by atoms with Gasteiger partial charge in [-0.1, -0.05) is 224 Å². The molecule has 0 heterocycles. The molecule has 1 heteroatoms. The molecule has 0 fully saturated rings. The lowest BCUT2D eigenvalue weighted by Gasteiger charge is -2.34. The minimum atomic E-state index is -0.486. The van der Waals surface area contributed by atoms with Crippen LogP contribution in [-0.4, -0.2) is 0 Å². The highest BCUT2D eigenvalue weighted by Crippen LogP contribution is 2.64. The molecule has 69 heavy (non-hydrogen) atoms. The first kappa shape index (κ1) is 38.3. The molecular formula is C68H43N. The normalized spacial score (nSPS) is 14.0. The van der Waals surface area contributed by atoms with Crippen molar-refractivity contribution in [2.45, 2.75) is 10.8 Å². The van der Waals surface area contributed by atoms with Crippen LogP contribution in [0, 0.1) is 0 Å². The molecule has 3 aliphatic carbocycles. The predicted octanol–water partition coefficient (Wildman–Crippen LogP) is 17.3. The van der Waals surface area contributed by atoms with E-state index in [0.717, 1.165) is 17.1 Å². The minimum Gasteiger partial charge on any atom is -0.310 e. The lowest BCUT2D eigenvalue weighted by atomic mass is 9.68. The van der Waals surface area contributed by atoms with Gasteiger partial charge in [0, 0.05) is 17.1 Å². The molecule has 15 rings (SSSR count). The van der Waals surface area contributed by atoms with Gasteiger partial charge in [0.2, 0.25) is 0 Å². The van der Waals surface area contributed by atoms with Crippen LogP contribution in [0.15, 0.2) is 261 Å². The third-order valence-corrected chi connectivity index (χ3v) is 15.9. The fraction of sp³-hybridized carbons (Fsp3) is 0.0294. The summed E-state index contributed by atoms with van der Waals surface area (Å²) in [6, 6.07) is 98.0. The van der Waals surface area contributed by atoms with Gasteiger partial charge < -0.3 is 4.90 Å². The SMILES string of the molecule is c1ccc(C2(c3ccccc3)c3ccccc3-c3cc(N(c4ccc5c(c4)-c4ccccc4C54c5ccccc5-c5ccccc54)c4ccc5c6ccccc6c6ccccc6c5c4)ccc32)cc1. The molecule has 0 saturated carbocycles. The summed E-state index contributed by atoms with van der Waals surface area (Å²) in [5.41, 5.74) is 20.7. The van der Waals surface area contributed by atoms with E-state index in [1.807, 2.05) is 0 Å². The number of rotatable bonds is 5. The van der Waals surface area contributed by atoms with Crippen LogP contribution < -0.4 is 4.90 Å². The van der Waals surface area contributed by atoms with Gasteiger partial charge in [0.25, 0.3) is 0 Å². The van der Waals surface area contributed by atoms with Crippen molar-refractivity contribution < 1.29 is 0 Å². The van der Waals surface area contributed by atoms with Crippen molar-refractivity contribution in [3.63, 3.8) is 0 Å². The van der Waals surface area contributed by atoms with Crippen LogP contribution >= 0.6 is 0 Å². The van der Waals surface area contributed by atoms with Gasteiger partial charge in [0.1, 0.15) is 0 Å². The second-order valence-corrected chi connectivity index (χ2v) is 19.0. The zero-order valence-corrected chi connectivity index (χ0v) is 37.8. The summed E-state index contributed by atoms with van der Waals surface area (Å²) < 4.78 is 0. The quantitative estimate of drug-likeness (QED) is 0.156. The van der Waals surface area contributed by atoms with E-state index in [4.69, 9.17) is 0 Å². The lowest BCUT2D eigenvalue weighted by molar-refractivity contribution is 0.768. The Bertz CT molecular complexity index is 3870. The molecule has 0 radical (unpaired) electrons. The number of hydrogen-bond acceptors (Lipinski definition) is 1. The van der Waals surface area contributed by atoms with Crippen molar-refractivity contribution in [3.8, 4) is 33.4 Å². The Balaban J connectivity index is 1.01. The van der Waals surface area contributed by atoms with E-state index in [2.05, 4.69) is 266 Å². The van der Waals surface area contributed by atoms with Gasteiger partial charge >= 0.3 is 0 Å².